The van der Waals surface area contributed by atoms with Gasteiger partial charge in [0.2, 0.25) is 0 Å². The first kappa shape index (κ1) is 20.3. The molecule has 1 saturated heterocycles. The number of hydrogen-bond acceptors (Lipinski definition) is 6. The van der Waals surface area contributed by atoms with E-state index >= 15 is 0 Å². The molecule has 29 heavy (non-hydrogen) atoms. The maximum absolute atomic E-state index is 11.6. The molecule has 6 nitrogen and oxygen atoms in total. The van der Waals surface area contributed by atoms with Gasteiger partial charge in [-0.1, -0.05) is 12.1 Å². The maximum Gasteiger partial charge on any atom is 0.175 e. The smallest absolute Gasteiger partial charge is 0.175 e. The van der Waals surface area contributed by atoms with Crippen LogP contribution < -0.4 is 4.74 Å². The second-order valence-corrected chi connectivity index (χ2v) is 11.0. The Morgan fingerprint density at radius 2 is 1.79 bits per heavy atom. The second-order valence-electron chi connectivity index (χ2n) is 8.98. The summed E-state index contributed by atoms with van der Waals surface area (Å²) in [5.74, 6) is 2.70. The molecule has 7 heteroatoms. The molecule has 1 aliphatic heterocycles. The summed E-state index contributed by atoms with van der Waals surface area (Å²) in [5, 5.41) is 9.95. The summed E-state index contributed by atoms with van der Waals surface area (Å²) in [5.41, 5.74) is 1.01. The van der Waals surface area contributed by atoms with Crippen LogP contribution in [-0.2, 0) is 9.84 Å². The summed E-state index contributed by atoms with van der Waals surface area (Å²) in [6.45, 7) is 7.23. The fourth-order valence-corrected chi connectivity index (χ4v) is 4.99. The Hall–Kier alpha value is -1.96. The topological polar surface area (TPSA) is 79.7 Å². The highest BCUT2D eigenvalue weighted by molar-refractivity contribution is 7.90. The Kier molecular flexibility index (Phi) is 5.17. The third-order valence-electron chi connectivity index (χ3n) is 5.81. The molecule has 0 bridgehead atoms. The summed E-state index contributed by atoms with van der Waals surface area (Å²) < 4.78 is 29.1. The minimum absolute atomic E-state index is 0.303. The van der Waals surface area contributed by atoms with Gasteiger partial charge in [-0.05, 0) is 49.9 Å². The largest absolute Gasteiger partial charge is 0.492 e. The van der Waals surface area contributed by atoms with Crippen LogP contribution in [0.5, 0.6) is 5.75 Å². The van der Waals surface area contributed by atoms with E-state index in [1.165, 1.54) is 6.26 Å². The Morgan fingerprint density at radius 3 is 2.31 bits per heavy atom. The molecule has 4 rings (SSSR count). The maximum atomic E-state index is 11.6. The zero-order valence-corrected chi connectivity index (χ0v) is 17.9. The van der Waals surface area contributed by atoms with Crippen molar-refractivity contribution in [2.24, 2.45) is 17.8 Å². The Labute approximate surface area is 172 Å². The van der Waals surface area contributed by atoms with E-state index in [9.17, 15) is 13.5 Å². The van der Waals surface area contributed by atoms with Gasteiger partial charge in [0.05, 0.1) is 29.0 Å². The molecule has 156 valence electrons. The van der Waals surface area contributed by atoms with Gasteiger partial charge in [-0.15, -0.1) is 0 Å². The summed E-state index contributed by atoms with van der Waals surface area (Å²) in [6, 6.07) is 10.5. The zero-order chi connectivity index (χ0) is 20.8. The van der Waals surface area contributed by atoms with Gasteiger partial charge in [0.25, 0.3) is 0 Å². The molecular weight excluding hydrogens is 388 g/mol. The Bertz CT molecular complexity index is 953. The fourth-order valence-electron chi connectivity index (χ4n) is 4.36. The lowest BCUT2D eigenvalue weighted by Gasteiger charge is -2.27. The molecule has 1 aliphatic carbocycles. The van der Waals surface area contributed by atoms with Crippen LogP contribution in [0.1, 0.15) is 13.8 Å². The molecule has 1 saturated carbocycles. The lowest BCUT2D eigenvalue weighted by Crippen LogP contribution is -2.39. The predicted octanol–water partition coefficient (Wildman–Crippen LogP) is 2.48. The van der Waals surface area contributed by atoms with E-state index in [1.807, 2.05) is 26.0 Å². The third-order valence-corrected chi connectivity index (χ3v) is 6.94. The third kappa shape index (κ3) is 4.79. The number of rotatable bonds is 7. The van der Waals surface area contributed by atoms with Gasteiger partial charge in [0.15, 0.2) is 9.84 Å². The molecule has 1 N–H and O–H groups in total. The molecule has 0 radical (unpaired) electrons. The first-order valence-electron chi connectivity index (χ1n) is 9.94. The van der Waals surface area contributed by atoms with Crippen LogP contribution >= 0.6 is 0 Å². The van der Waals surface area contributed by atoms with Crippen molar-refractivity contribution in [3.05, 3.63) is 42.6 Å². The molecule has 1 aromatic carbocycles. The quantitative estimate of drug-likeness (QED) is 0.747. The number of ether oxygens (including phenoxy) is 1. The first-order valence-corrected chi connectivity index (χ1v) is 11.8. The first-order chi connectivity index (χ1) is 13.6. The number of aromatic nitrogens is 1. The van der Waals surface area contributed by atoms with Crippen LogP contribution in [0.25, 0.3) is 11.3 Å². The minimum atomic E-state index is -3.19. The van der Waals surface area contributed by atoms with Gasteiger partial charge < -0.3 is 9.84 Å². The van der Waals surface area contributed by atoms with E-state index in [0.29, 0.717) is 29.3 Å². The van der Waals surface area contributed by atoms with Gasteiger partial charge in [0.1, 0.15) is 5.75 Å². The van der Waals surface area contributed by atoms with Crippen molar-refractivity contribution < 1.29 is 18.3 Å². The standard InChI is InChI=1S/C22H28N2O4S/c1-22(2,25)14-24-11-18-19(12-24)20(18)13-28-16-6-9-21(23-10-16)15-4-7-17(8-5-15)29(3,26)27/h4-10,18-20,25H,11-14H2,1-3H3/t18-,19+,20?. The van der Waals surface area contributed by atoms with E-state index in [2.05, 4.69) is 9.88 Å². The van der Waals surface area contributed by atoms with Crippen molar-refractivity contribution in [2.75, 3.05) is 32.5 Å². The lowest BCUT2D eigenvalue weighted by molar-refractivity contribution is 0.0381. The summed E-state index contributed by atoms with van der Waals surface area (Å²) in [6.07, 6.45) is 2.92. The highest BCUT2D eigenvalue weighted by Gasteiger charge is 2.56. The number of benzene rings is 1. The highest BCUT2D eigenvalue weighted by atomic mass is 32.2. The minimum Gasteiger partial charge on any atom is -0.492 e. The highest BCUT2D eigenvalue weighted by Crippen LogP contribution is 2.51. The van der Waals surface area contributed by atoms with Crippen LogP contribution in [-0.4, -0.2) is 61.5 Å². The number of nitrogens with zero attached hydrogens (tertiary/aromatic N) is 2. The van der Waals surface area contributed by atoms with Crippen molar-refractivity contribution >= 4 is 9.84 Å². The van der Waals surface area contributed by atoms with Gasteiger partial charge in [-0.3, -0.25) is 9.88 Å². The molecule has 2 heterocycles. The molecule has 2 fully saturated rings. The summed E-state index contributed by atoms with van der Waals surface area (Å²) in [7, 11) is -3.19. The zero-order valence-electron chi connectivity index (χ0n) is 17.1. The number of likely N-dealkylation sites (tertiary alicyclic amines) is 1. The van der Waals surface area contributed by atoms with Crippen LogP contribution in [0.4, 0.5) is 0 Å². The van der Waals surface area contributed by atoms with Crippen molar-refractivity contribution in [2.45, 2.75) is 24.3 Å². The van der Waals surface area contributed by atoms with E-state index in [4.69, 9.17) is 4.74 Å². The molecule has 3 atom stereocenters. The van der Waals surface area contributed by atoms with Crippen LogP contribution in [0.3, 0.4) is 0 Å². The van der Waals surface area contributed by atoms with Crippen molar-refractivity contribution in [3.8, 4) is 17.0 Å². The summed E-state index contributed by atoms with van der Waals surface area (Å²) in [4.78, 5) is 7.10. The molecule has 0 amide bonds. The van der Waals surface area contributed by atoms with Crippen LogP contribution in [0.2, 0.25) is 0 Å². The fraction of sp³-hybridized carbons (Fsp3) is 0.500. The number of sulfone groups is 1. The number of aliphatic hydroxyl groups is 1. The molecule has 2 aliphatic rings. The van der Waals surface area contributed by atoms with Gasteiger partial charge in [0, 0.05) is 37.4 Å². The van der Waals surface area contributed by atoms with E-state index < -0.39 is 15.4 Å². The van der Waals surface area contributed by atoms with Crippen molar-refractivity contribution in [1.29, 1.82) is 0 Å². The predicted molar refractivity (Wildman–Crippen MR) is 111 cm³/mol. The molecule has 1 aromatic heterocycles. The number of fused-ring (bicyclic) bond motifs is 1. The average molecular weight is 417 g/mol. The second kappa shape index (κ2) is 7.38. The number of β-amino-alcohol motifs (C(OH)–C–C–N with tert-alkyl or cyclic N) is 1. The molecule has 2 aromatic rings. The number of piperidine rings is 1. The van der Waals surface area contributed by atoms with Gasteiger partial charge in [-0.25, -0.2) is 8.42 Å². The van der Waals surface area contributed by atoms with Crippen molar-refractivity contribution in [3.63, 3.8) is 0 Å². The Morgan fingerprint density at radius 1 is 1.14 bits per heavy atom. The SMILES string of the molecule is CC(C)(O)CN1C[C@@H]2C(COc3ccc(-c4ccc(S(C)(=O)=O)cc4)nc3)[C@@H]2C1. The average Bonchev–Trinajstić information content (AvgIpc) is 3.10. The van der Waals surface area contributed by atoms with E-state index in [1.54, 1.807) is 30.5 Å². The normalized spacial score (nSPS) is 24.3. The van der Waals surface area contributed by atoms with Gasteiger partial charge >= 0.3 is 0 Å². The number of pyridine rings is 1. The van der Waals surface area contributed by atoms with Crippen LogP contribution in [0.15, 0.2) is 47.5 Å². The van der Waals surface area contributed by atoms with Crippen molar-refractivity contribution in [1.82, 2.24) is 9.88 Å². The van der Waals surface area contributed by atoms with Gasteiger partial charge in [-0.2, -0.15) is 0 Å². The Balaban J connectivity index is 1.28. The van der Waals surface area contributed by atoms with Crippen LogP contribution in [0, 0.1) is 17.8 Å². The monoisotopic (exact) mass is 416 g/mol. The molecule has 0 spiro atoms. The van der Waals surface area contributed by atoms with E-state index in [-0.39, 0.29) is 0 Å². The lowest BCUT2D eigenvalue weighted by atomic mass is 10.1. The molecule has 1 unspecified atom stereocenters. The van der Waals surface area contributed by atoms with E-state index in [0.717, 1.165) is 36.6 Å². The molecular formula is C22H28N2O4S. The summed E-state index contributed by atoms with van der Waals surface area (Å²) >= 11 is 0. The number of hydrogen-bond donors (Lipinski definition) is 1.